The Hall–Kier alpha value is -1.06. The Morgan fingerprint density at radius 2 is 2.25 bits per heavy atom. The van der Waals surface area contributed by atoms with Gasteiger partial charge in [-0.1, -0.05) is 18.2 Å². The number of rotatable bonds is 3. The minimum atomic E-state index is 0.0321. The first-order chi connectivity index (χ1) is 7.76. The van der Waals surface area contributed by atoms with Gasteiger partial charge in [-0.15, -0.1) is 0 Å². The molecule has 2 rings (SSSR count). The van der Waals surface area contributed by atoms with Crippen molar-refractivity contribution in [2.75, 3.05) is 25.0 Å². The summed E-state index contributed by atoms with van der Waals surface area (Å²) in [4.78, 5) is 0. The Kier molecular flexibility index (Phi) is 3.46. The van der Waals surface area contributed by atoms with E-state index in [1.54, 1.807) is 0 Å². The minimum Gasteiger partial charge on any atom is -0.377 e. The molecule has 0 bridgehead atoms. The van der Waals surface area contributed by atoms with Crippen molar-refractivity contribution in [3.63, 3.8) is 0 Å². The highest BCUT2D eigenvalue weighted by atomic mass is 15.1. The van der Waals surface area contributed by atoms with E-state index in [1.165, 1.54) is 17.7 Å². The van der Waals surface area contributed by atoms with Gasteiger partial charge in [0.2, 0.25) is 0 Å². The molecule has 0 radical (unpaired) electrons. The van der Waals surface area contributed by atoms with Crippen LogP contribution in [-0.2, 0) is 0 Å². The van der Waals surface area contributed by atoms with Crippen LogP contribution in [0.4, 0.5) is 5.69 Å². The summed E-state index contributed by atoms with van der Waals surface area (Å²) in [6.45, 7) is 4.87. The Labute approximate surface area is 97.4 Å². The standard InChI is InChI=1S/C13H21N3/c1-11-5-2-3-6-12(11)16-13(9-14)7-4-8-15-10-13/h2-3,5-6,15-16H,4,7-10,14H2,1H3. The van der Waals surface area contributed by atoms with Crippen molar-refractivity contribution in [3.8, 4) is 0 Å². The molecule has 0 aliphatic carbocycles. The van der Waals surface area contributed by atoms with Gasteiger partial charge in [-0.05, 0) is 37.9 Å². The maximum absolute atomic E-state index is 5.93. The lowest BCUT2D eigenvalue weighted by molar-refractivity contribution is 0.350. The normalized spacial score (nSPS) is 25.4. The largest absolute Gasteiger partial charge is 0.377 e. The summed E-state index contributed by atoms with van der Waals surface area (Å²) in [7, 11) is 0. The number of aryl methyl sites for hydroxylation is 1. The molecule has 1 saturated heterocycles. The van der Waals surface area contributed by atoms with Crippen LogP contribution in [0.5, 0.6) is 0 Å². The summed E-state index contributed by atoms with van der Waals surface area (Å²) < 4.78 is 0. The minimum absolute atomic E-state index is 0.0321. The van der Waals surface area contributed by atoms with Gasteiger partial charge in [-0.3, -0.25) is 0 Å². The van der Waals surface area contributed by atoms with Crippen LogP contribution in [0.15, 0.2) is 24.3 Å². The molecule has 1 unspecified atom stereocenters. The molecule has 4 N–H and O–H groups in total. The molecule has 0 spiro atoms. The molecule has 0 amide bonds. The van der Waals surface area contributed by atoms with E-state index in [2.05, 4.69) is 41.8 Å². The molecule has 1 fully saturated rings. The number of anilines is 1. The molecule has 1 aromatic carbocycles. The molecule has 1 aliphatic heterocycles. The van der Waals surface area contributed by atoms with Gasteiger partial charge in [0.1, 0.15) is 0 Å². The van der Waals surface area contributed by atoms with E-state index in [1.807, 2.05) is 0 Å². The maximum Gasteiger partial charge on any atom is 0.0620 e. The number of hydrogen-bond donors (Lipinski definition) is 3. The highest BCUT2D eigenvalue weighted by Crippen LogP contribution is 2.23. The van der Waals surface area contributed by atoms with E-state index in [9.17, 15) is 0 Å². The third-order valence-corrected chi connectivity index (χ3v) is 3.41. The van der Waals surface area contributed by atoms with Crippen LogP contribution in [0.1, 0.15) is 18.4 Å². The topological polar surface area (TPSA) is 50.1 Å². The smallest absolute Gasteiger partial charge is 0.0620 e. The lowest BCUT2D eigenvalue weighted by atomic mass is 9.89. The third-order valence-electron chi connectivity index (χ3n) is 3.41. The van der Waals surface area contributed by atoms with E-state index in [-0.39, 0.29) is 5.54 Å². The van der Waals surface area contributed by atoms with Gasteiger partial charge in [-0.2, -0.15) is 0 Å². The number of para-hydroxylation sites is 1. The van der Waals surface area contributed by atoms with Crippen molar-refractivity contribution in [1.82, 2.24) is 5.32 Å². The van der Waals surface area contributed by atoms with Crippen molar-refractivity contribution in [2.24, 2.45) is 5.73 Å². The fourth-order valence-electron chi connectivity index (χ4n) is 2.30. The van der Waals surface area contributed by atoms with Gasteiger partial charge in [-0.25, -0.2) is 0 Å². The van der Waals surface area contributed by atoms with Gasteiger partial charge in [0, 0.05) is 18.8 Å². The van der Waals surface area contributed by atoms with Crippen LogP contribution >= 0.6 is 0 Å². The van der Waals surface area contributed by atoms with E-state index in [0.29, 0.717) is 6.54 Å². The molecule has 1 aromatic rings. The Morgan fingerprint density at radius 1 is 1.44 bits per heavy atom. The van der Waals surface area contributed by atoms with Crippen molar-refractivity contribution in [2.45, 2.75) is 25.3 Å². The summed E-state index contributed by atoms with van der Waals surface area (Å²) in [5.41, 5.74) is 8.45. The van der Waals surface area contributed by atoms with Gasteiger partial charge in [0.15, 0.2) is 0 Å². The summed E-state index contributed by atoms with van der Waals surface area (Å²) in [6.07, 6.45) is 2.33. The summed E-state index contributed by atoms with van der Waals surface area (Å²) >= 11 is 0. The molecule has 0 saturated carbocycles. The van der Waals surface area contributed by atoms with Crippen molar-refractivity contribution >= 4 is 5.69 Å². The van der Waals surface area contributed by atoms with Crippen LogP contribution in [0.25, 0.3) is 0 Å². The molecule has 88 valence electrons. The van der Waals surface area contributed by atoms with E-state index >= 15 is 0 Å². The SMILES string of the molecule is Cc1ccccc1NC1(CN)CCCNC1. The quantitative estimate of drug-likeness (QED) is 0.722. The second-order valence-electron chi connectivity index (χ2n) is 4.70. The van der Waals surface area contributed by atoms with Crippen LogP contribution in [0, 0.1) is 6.92 Å². The first-order valence-electron chi connectivity index (χ1n) is 6.00. The number of piperidine rings is 1. The summed E-state index contributed by atoms with van der Waals surface area (Å²) in [5.74, 6) is 0. The number of nitrogens with two attached hydrogens (primary N) is 1. The molecule has 16 heavy (non-hydrogen) atoms. The Balaban J connectivity index is 2.15. The molecular weight excluding hydrogens is 198 g/mol. The number of nitrogens with one attached hydrogen (secondary N) is 2. The zero-order valence-electron chi connectivity index (χ0n) is 9.92. The lowest BCUT2D eigenvalue weighted by Gasteiger charge is -2.38. The maximum atomic E-state index is 5.93. The van der Waals surface area contributed by atoms with Crippen molar-refractivity contribution in [3.05, 3.63) is 29.8 Å². The first-order valence-corrected chi connectivity index (χ1v) is 6.00. The Morgan fingerprint density at radius 3 is 2.88 bits per heavy atom. The monoisotopic (exact) mass is 219 g/mol. The second-order valence-corrected chi connectivity index (χ2v) is 4.70. The highest BCUT2D eigenvalue weighted by molar-refractivity contribution is 5.52. The van der Waals surface area contributed by atoms with Crippen LogP contribution in [-0.4, -0.2) is 25.2 Å². The molecule has 0 aromatic heterocycles. The van der Waals surface area contributed by atoms with Gasteiger partial charge < -0.3 is 16.4 Å². The average Bonchev–Trinajstić information content (AvgIpc) is 2.33. The number of benzene rings is 1. The zero-order chi connectivity index (χ0) is 11.4. The molecule has 1 aliphatic rings. The molecule has 1 atom stereocenters. The predicted octanol–water partition coefficient (Wildman–Crippen LogP) is 1.49. The highest BCUT2D eigenvalue weighted by Gasteiger charge is 2.30. The fourth-order valence-corrected chi connectivity index (χ4v) is 2.30. The fraction of sp³-hybridized carbons (Fsp3) is 0.538. The van der Waals surface area contributed by atoms with E-state index in [4.69, 9.17) is 5.73 Å². The first kappa shape index (κ1) is 11.4. The van der Waals surface area contributed by atoms with Gasteiger partial charge >= 0.3 is 0 Å². The lowest BCUT2D eigenvalue weighted by Crippen LogP contribution is -2.56. The van der Waals surface area contributed by atoms with Crippen LogP contribution in [0.3, 0.4) is 0 Å². The molecule has 3 nitrogen and oxygen atoms in total. The van der Waals surface area contributed by atoms with Gasteiger partial charge in [0.05, 0.1) is 5.54 Å². The third kappa shape index (κ3) is 2.36. The summed E-state index contributed by atoms with van der Waals surface area (Å²) in [6, 6.07) is 8.38. The van der Waals surface area contributed by atoms with Crippen LogP contribution < -0.4 is 16.4 Å². The van der Waals surface area contributed by atoms with Gasteiger partial charge in [0.25, 0.3) is 0 Å². The summed E-state index contributed by atoms with van der Waals surface area (Å²) in [5, 5.41) is 7.05. The van der Waals surface area contributed by atoms with E-state index in [0.717, 1.165) is 19.5 Å². The number of hydrogen-bond acceptors (Lipinski definition) is 3. The zero-order valence-corrected chi connectivity index (χ0v) is 9.92. The Bertz CT molecular complexity index is 343. The second kappa shape index (κ2) is 4.85. The molecule has 1 heterocycles. The molecular formula is C13H21N3. The van der Waals surface area contributed by atoms with Crippen molar-refractivity contribution in [1.29, 1.82) is 0 Å². The molecule has 3 heteroatoms. The van der Waals surface area contributed by atoms with Crippen LogP contribution in [0.2, 0.25) is 0 Å². The predicted molar refractivity (Wildman–Crippen MR) is 68.7 cm³/mol. The van der Waals surface area contributed by atoms with E-state index < -0.39 is 0 Å². The van der Waals surface area contributed by atoms with Crippen molar-refractivity contribution < 1.29 is 0 Å². The average molecular weight is 219 g/mol.